The molecule has 0 saturated carbocycles. The summed E-state index contributed by atoms with van der Waals surface area (Å²) in [7, 11) is 0. The van der Waals surface area contributed by atoms with Crippen LogP contribution in [0.2, 0.25) is 0 Å². The quantitative estimate of drug-likeness (QED) is 0.495. The van der Waals surface area contributed by atoms with E-state index in [0.717, 1.165) is 41.0 Å². The van der Waals surface area contributed by atoms with Gasteiger partial charge in [0.1, 0.15) is 6.33 Å². The van der Waals surface area contributed by atoms with E-state index >= 15 is 0 Å². The summed E-state index contributed by atoms with van der Waals surface area (Å²) in [5.74, 6) is 0.816. The first-order valence-corrected chi connectivity index (χ1v) is 8.97. The van der Waals surface area contributed by atoms with Crippen LogP contribution in [0.15, 0.2) is 67.1 Å². The molecule has 132 valence electrons. The van der Waals surface area contributed by atoms with Crippen LogP contribution in [0.1, 0.15) is 17.0 Å². The van der Waals surface area contributed by atoms with Gasteiger partial charge in [0.05, 0.1) is 17.3 Å². The summed E-state index contributed by atoms with van der Waals surface area (Å²) in [6.45, 7) is 2.07. The summed E-state index contributed by atoms with van der Waals surface area (Å²) < 4.78 is 3.59. The lowest BCUT2D eigenvalue weighted by Gasteiger charge is -2.03. The normalized spacial score (nSPS) is 11.4. The van der Waals surface area contributed by atoms with Crippen molar-refractivity contribution >= 4 is 16.7 Å². The molecular weight excluding hydrogens is 336 g/mol. The molecule has 27 heavy (non-hydrogen) atoms. The van der Waals surface area contributed by atoms with E-state index in [0.29, 0.717) is 0 Å². The van der Waals surface area contributed by atoms with Gasteiger partial charge in [-0.3, -0.25) is 0 Å². The van der Waals surface area contributed by atoms with E-state index in [2.05, 4.69) is 58.5 Å². The third kappa shape index (κ3) is 2.85. The minimum absolute atomic E-state index is 0.787. The van der Waals surface area contributed by atoms with Gasteiger partial charge < -0.3 is 0 Å². The van der Waals surface area contributed by atoms with Crippen LogP contribution in [0.5, 0.6) is 0 Å². The fourth-order valence-corrected chi connectivity index (χ4v) is 3.32. The highest BCUT2D eigenvalue weighted by Gasteiger charge is 2.13. The zero-order chi connectivity index (χ0) is 18.2. The molecule has 5 aromatic rings. The lowest BCUT2D eigenvalue weighted by molar-refractivity contribution is 0.826. The third-order valence-corrected chi connectivity index (χ3v) is 4.68. The van der Waals surface area contributed by atoms with Crippen molar-refractivity contribution in [3.8, 4) is 5.69 Å². The molecule has 0 aliphatic heterocycles. The number of aromatic nitrogens is 6. The van der Waals surface area contributed by atoms with E-state index in [1.165, 1.54) is 11.1 Å². The van der Waals surface area contributed by atoms with Crippen molar-refractivity contribution < 1.29 is 0 Å². The molecule has 5 rings (SSSR count). The fraction of sp³-hybridized carbons (Fsp3) is 0.143. The first-order chi connectivity index (χ1) is 13.3. The van der Waals surface area contributed by atoms with Crippen LogP contribution in [0.4, 0.5) is 0 Å². The molecule has 3 aromatic heterocycles. The topological polar surface area (TPSA) is 60.9 Å². The third-order valence-electron chi connectivity index (χ3n) is 4.68. The van der Waals surface area contributed by atoms with Crippen molar-refractivity contribution in [1.82, 2.24) is 29.4 Å². The number of rotatable bonds is 4. The summed E-state index contributed by atoms with van der Waals surface area (Å²) in [5.41, 5.74) is 5.04. The molecule has 0 amide bonds. The second kappa shape index (κ2) is 6.32. The van der Waals surface area contributed by atoms with Gasteiger partial charge >= 0.3 is 0 Å². The number of fused-ring (bicyclic) bond motifs is 3. The molecule has 0 spiro atoms. The monoisotopic (exact) mass is 354 g/mol. The highest BCUT2D eigenvalue weighted by molar-refractivity contribution is 5.89. The Morgan fingerprint density at radius 3 is 2.67 bits per heavy atom. The van der Waals surface area contributed by atoms with Crippen LogP contribution in [-0.4, -0.2) is 29.4 Å². The van der Waals surface area contributed by atoms with Crippen LogP contribution in [0, 0.1) is 6.92 Å². The van der Waals surface area contributed by atoms with Crippen LogP contribution in [-0.2, 0) is 12.8 Å². The number of aryl methyl sites for hydroxylation is 3. The Morgan fingerprint density at radius 2 is 1.81 bits per heavy atom. The molecule has 0 aliphatic rings. The molecule has 0 fully saturated rings. The maximum atomic E-state index is 4.74. The lowest BCUT2D eigenvalue weighted by Crippen LogP contribution is -1.99. The van der Waals surface area contributed by atoms with Gasteiger partial charge in [0.25, 0.3) is 0 Å². The molecule has 0 saturated heterocycles. The van der Waals surface area contributed by atoms with E-state index in [1.54, 1.807) is 10.8 Å². The summed E-state index contributed by atoms with van der Waals surface area (Å²) in [5, 5.41) is 10.0. The van der Waals surface area contributed by atoms with E-state index in [9.17, 15) is 0 Å². The molecule has 0 bridgehead atoms. The van der Waals surface area contributed by atoms with Gasteiger partial charge in [0.15, 0.2) is 17.1 Å². The highest BCUT2D eigenvalue weighted by atomic mass is 15.3. The maximum absolute atomic E-state index is 4.74. The molecule has 0 radical (unpaired) electrons. The number of nitrogens with zero attached hydrogens (tertiary/aromatic N) is 6. The number of hydrogen-bond donors (Lipinski definition) is 0. The van der Waals surface area contributed by atoms with Gasteiger partial charge in [-0.25, -0.2) is 19.2 Å². The minimum Gasteiger partial charge on any atom is -0.216 e. The van der Waals surface area contributed by atoms with Gasteiger partial charge in [-0.1, -0.05) is 42.5 Å². The molecule has 0 unspecified atom stereocenters. The smallest absolute Gasteiger partial charge is 0.170 e. The minimum atomic E-state index is 0.787. The van der Waals surface area contributed by atoms with Crippen molar-refractivity contribution in [2.75, 3.05) is 0 Å². The summed E-state index contributed by atoms with van der Waals surface area (Å²) in [6, 6.07) is 18.6. The van der Waals surface area contributed by atoms with Gasteiger partial charge in [-0.15, -0.1) is 5.10 Å². The van der Waals surface area contributed by atoms with Gasteiger partial charge in [-0.05, 0) is 36.6 Å². The zero-order valence-electron chi connectivity index (χ0n) is 14.9. The number of hydrogen-bond acceptors (Lipinski definition) is 4. The second-order valence-corrected chi connectivity index (χ2v) is 6.66. The molecule has 6 heteroatoms. The van der Waals surface area contributed by atoms with Gasteiger partial charge in [-0.2, -0.15) is 5.10 Å². The molecule has 0 aliphatic carbocycles. The Bertz CT molecular complexity index is 1240. The summed E-state index contributed by atoms with van der Waals surface area (Å²) in [6.07, 6.45) is 5.23. The molecule has 6 nitrogen and oxygen atoms in total. The predicted octanol–water partition coefficient (Wildman–Crippen LogP) is 3.56. The Morgan fingerprint density at radius 1 is 0.926 bits per heavy atom. The van der Waals surface area contributed by atoms with E-state index < -0.39 is 0 Å². The van der Waals surface area contributed by atoms with Crippen molar-refractivity contribution in [2.45, 2.75) is 19.8 Å². The fourth-order valence-electron chi connectivity index (χ4n) is 3.32. The molecule has 3 heterocycles. The van der Waals surface area contributed by atoms with Crippen molar-refractivity contribution in [3.05, 3.63) is 84.1 Å². The Balaban J connectivity index is 1.52. The Labute approximate surface area is 156 Å². The number of benzene rings is 2. The van der Waals surface area contributed by atoms with Crippen molar-refractivity contribution in [1.29, 1.82) is 0 Å². The Hall–Kier alpha value is -3.54. The SMILES string of the molecule is Cc1cccc(-n2ncc3c2ncn2nc(CCc4ccccc4)nc32)c1. The van der Waals surface area contributed by atoms with E-state index in [-0.39, 0.29) is 0 Å². The predicted molar refractivity (Wildman–Crippen MR) is 104 cm³/mol. The van der Waals surface area contributed by atoms with Gasteiger partial charge in [0, 0.05) is 6.42 Å². The van der Waals surface area contributed by atoms with E-state index in [4.69, 9.17) is 4.98 Å². The zero-order valence-corrected chi connectivity index (χ0v) is 14.9. The highest BCUT2D eigenvalue weighted by Crippen LogP contribution is 2.20. The molecular formula is C21H18N6. The average Bonchev–Trinajstić information content (AvgIpc) is 3.30. The summed E-state index contributed by atoms with van der Waals surface area (Å²) >= 11 is 0. The maximum Gasteiger partial charge on any atom is 0.170 e. The average molecular weight is 354 g/mol. The van der Waals surface area contributed by atoms with Gasteiger partial charge in [0.2, 0.25) is 0 Å². The second-order valence-electron chi connectivity index (χ2n) is 6.66. The van der Waals surface area contributed by atoms with Crippen LogP contribution < -0.4 is 0 Å². The Kier molecular flexibility index (Phi) is 3.67. The van der Waals surface area contributed by atoms with Crippen molar-refractivity contribution in [2.24, 2.45) is 0 Å². The largest absolute Gasteiger partial charge is 0.216 e. The molecule has 0 N–H and O–H groups in total. The van der Waals surface area contributed by atoms with Crippen LogP contribution >= 0.6 is 0 Å². The van der Waals surface area contributed by atoms with E-state index in [1.807, 2.05) is 29.1 Å². The first kappa shape index (κ1) is 15.7. The summed E-state index contributed by atoms with van der Waals surface area (Å²) in [4.78, 5) is 9.31. The standard InChI is InChI=1S/C21H18N6/c1-15-6-5-9-17(12-15)27-20-18(13-23-27)21-24-19(25-26(21)14-22-20)11-10-16-7-3-2-4-8-16/h2-9,12-14H,10-11H2,1H3. The van der Waals surface area contributed by atoms with Crippen molar-refractivity contribution in [3.63, 3.8) is 0 Å². The lowest BCUT2D eigenvalue weighted by atomic mass is 10.1. The first-order valence-electron chi connectivity index (χ1n) is 8.97. The molecule has 0 atom stereocenters. The van der Waals surface area contributed by atoms with Crippen LogP contribution in [0.3, 0.4) is 0 Å². The molecule has 2 aromatic carbocycles. The van der Waals surface area contributed by atoms with Crippen LogP contribution in [0.25, 0.3) is 22.4 Å².